The van der Waals surface area contributed by atoms with Gasteiger partial charge in [0.25, 0.3) is 0 Å². The molecular weight excluding hydrogens is 200 g/mol. The Hall–Kier alpha value is -0.130. The smallest absolute Gasteiger partial charge is 0.211 e. The molecule has 2 N–H and O–H groups in total. The lowest BCUT2D eigenvalue weighted by Crippen LogP contribution is -2.29. The number of hydrogen-bond donors (Lipinski definition) is 2. The van der Waals surface area contributed by atoms with Gasteiger partial charge in [0.05, 0.1) is 5.75 Å². The molecule has 0 spiro atoms. The average Bonchev–Trinajstić information content (AvgIpc) is 2.78. The standard InChI is InChI=1S/C9H18N2O2S/c12-14(13,11-9-1-2-9)6-4-8-3-5-10-7-8/h8-11H,1-7H2. The summed E-state index contributed by atoms with van der Waals surface area (Å²) < 4.78 is 25.7. The first-order chi connectivity index (χ1) is 6.66. The Morgan fingerprint density at radius 3 is 2.64 bits per heavy atom. The minimum atomic E-state index is -2.98. The van der Waals surface area contributed by atoms with Crippen LogP contribution in [-0.4, -0.2) is 33.3 Å². The van der Waals surface area contributed by atoms with E-state index in [2.05, 4.69) is 10.0 Å². The van der Waals surface area contributed by atoms with Crippen molar-refractivity contribution in [2.24, 2.45) is 5.92 Å². The van der Waals surface area contributed by atoms with Crippen LogP contribution in [0.4, 0.5) is 0 Å². The monoisotopic (exact) mass is 218 g/mol. The van der Waals surface area contributed by atoms with Gasteiger partial charge in [0.1, 0.15) is 0 Å². The van der Waals surface area contributed by atoms with Gasteiger partial charge in [-0.05, 0) is 44.7 Å². The Labute approximate surface area is 85.5 Å². The molecule has 1 saturated carbocycles. The fourth-order valence-electron chi connectivity index (χ4n) is 1.80. The summed E-state index contributed by atoms with van der Waals surface area (Å²) in [5.74, 6) is 0.862. The van der Waals surface area contributed by atoms with Crippen LogP contribution in [0.15, 0.2) is 0 Å². The predicted molar refractivity (Wildman–Crippen MR) is 55.5 cm³/mol. The molecule has 2 aliphatic rings. The van der Waals surface area contributed by atoms with Gasteiger partial charge in [0, 0.05) is 6.04 Å². The molecular formula is C9H18N2O2S. The first kappa shape index (κ1) is 10.4. The van der Waals surface area contributed by atoms with E-state index in [1.54, 1.807) is 0 Å². The highest BCUT2D eigenvalue weighted by Crippen LogP contribution is 2.20. The second-order valence-electron chi connectivity index (χ2n) is 4.36. The molecule has 2 rings (SSSR count). The molecule has 1 aliphatic carbocycles. The molecule has 1 atom stereocenters. The number of nitrogens with one attached hydrogen (secondary N) is 2. The van der Waals surface area contributed by atoms with Crippen LogP contribution >= 0.6 is 0 Å². The maximum absolute atomic E-state index is 11.5. The predicted octanol–water partition coefficient (Wildman–Crippen LogP) is 0.0678. The molecule has 2 fully saturated rings. The highest BCUT2D eigenvalue weighted by Gasteiger charge is 2.27. The zero-order valence-corrected chi connectivity index (χ0v) is 9.15. The van der Waals surface area contributed by atoms with E-state index in [0.29, 0.717) is 11.7 Å². The molecule has 5 heteroatoms. The summed E-state index contributed by atoms with van der Waals surface area (Å²) >= 11 is 0. The second kappa shape index (κ2) is 4.16. The third-order valence-electron chi connectivity index (χ3n) is 2.88. The second-order valence-corrected chi connectivity index (χ2v) is 6.23. The van der Waals surface area contributed by atoms with Crippen molar-refractivity contribution in [1.82, 2.24) is 10.0 Å². The minimum absolute atomic E-state index is 0.252. The molecule has 1 heterocycles. The van der Waals surface area contributed by atoms with Crippen molar-refractivity contribution in [2.45, 2.75) is 31.7 Å². The molecule has 0 amide bonds. The molecule has 82 valence electrons. The molecule has 0 aromatic heterocycles. The summed E-state index contributed by atoms with van der Waals surface area (Å²) in [6.45, 7) is 2.03. The summed E-state index contributed by atoms with van der Waals surface area (Å²) in [5, 5.41) is 3.25. The number of hydrogen-bond acceptors (Lipinski definition) is 3. The van der Waals surface area contributed by atoms with Gasteiger partial charge in [-0.1, -0.05) is 0 Å². The third kappa shape index (κ3) is 3.22. The van der Waals surface area contributed by atoms with Crippen LogP contribution in [0.2, 0.25) is 0 Å². The molecule has 1 aliphatic heterocycles. The van der Waals surface area contributed by atoms with Crippen LogP contribution in [0, 0.1) is 5.92 Å². The van der Waals surface area contributed by atoms with Gasteiger partial charge in [-0.15, -0.1) is 0 Å². The Kier molecular flexibility index (Phi) is 3.09. The lowest BCUT2D eigenvalue weighted by molar-refractivity contribution is 0.538. The van der Waals surface area contributed by atoms with Gasteiger partial charge in [0.2, 0.25) is 10.0 Å². The minimum Gasteiger partial charge on any atom is -0.316 e. The van der Waals surface area contributed by atoms with E-state index in [0.717, 1.165) is 38.8 Å². The largest absolute Gasteiger partial charge is 0.316 e. The van der Waals surface area contributed by atoms with Crippen LogP contribution in [0.5, 0.6) is 0 Å². The van der Waals surface area contributed by atoms with Gasteiger partial charge in [-0.3, -0.25) is 0 Å². The van der Waals surface area contributed by atoms with Gasteiger partial charge in [-0.25, -0.2) is 13.1 Å². The Bertz CT molecular complexity index is 279. The number of sulfonamides is 1. The first-order valence-electron chi connectivity index (χ1n) is 5.36. The number of rotatable bonds is 5. The van der Waals surface area contributed by atoms with Crippen LogP contribution in [-0.2, 0) is 10.0 Å². The van der Waals surface area contributed by atoms with Crippen LogP contribution in [0.25, 0.3) is 0 Å². The van der Waals surface area contributed by atoms with E-state index in [9.17, 15) is 8.42 Å². The van der Waals surface area contributed by atoms with Crippen molar-refractivity contribution in [2.75, 3.05) is 18.8 Å². The zero-order valence-electron chi connectivity index (χ0n) is 8.33. The Balaban J connectivity index is 1.71. The van der Waals surface area contributed by atoms with E-state index < -0.39 is 10.0 Å². The molecule has 0 aromatic carbocycles. The van der Waals surface area contributed by atoms with Crippen molar-refractivity contribution in [1.29, 1.82) is 0 Å². The first-order valence-corrected chi connectivity index (χ1v) is 7.02. The van der Waals surface area contributed by atoms with E-state index in [4.69, 9.17) is 0 Å². The molecule has 1 unspecified atom stereocenters. The third-order valence-corrected chi connectivity index (χ3v) is 4.35. The fourth-order valence-corrected chi connectivity index (χ4v) is 3.30. The summed E-state index contributed by atoms with van der Waals surface area (Å²) in [6, 6.07) is 0.252. The lowest BCUT2D eigenvalue weighted by Gasteiger charge is -2.09. The van der Waals surface area contributed by atoms with Gasteiger partial charge in [0.15, 0.2) is 0 Å². The van der Waals surface area contributed by atoms with Crippen LogP contribution in [0.3, 0.4) is 0 Å². The van der Waals surface area contributed by atoms with Crippen LogP contribution in [0.1, 0.15) is 25.7 Å². The van der Waals surface area contributed by atoms with Crippen molar-refractivity contribution in [3.05, 3.63) is 0 Å². The van der Waals surface area contributed by atoms with E-state index in [-0.39, 0.29) is 6.04 Å². The van der Waals surface area contributed by atoms with Gasteiger partial charge >= 0.3 is 0 Å². The Morgan fingerprint density at radius 2 is 2.07 bits per heavy atom. The molecule has 0 radical (unpaired) electrons. The molecule has 14 heavy (non-hydrogen) atoms. The highest BCUT2D eigenvalue weighted by atomic mass is 32.2. The molecule has 1 saturated heterocycles. The van der Waals surface area contributed by atoms with Gasteiger partial charge in [-0.2, -0.15) is 0 Å². The van der Waals surface area contributed by atoms with Crippen molar-refractivity contribution in [3.8, 4) is 0 Å². The quantitative estimate of drug-likeness (QED) is 0.686. The topological polar surface area (TPSA) is 58.2 Å². The Morgan fingerprint density at radius 1 is 1.29 bits per heavy atom. The van der Waals surface area contributed by atoms with E-state index in [1.807, 2.05) is 0 Å². The van der Waals surface area contributed by atoms with Crippen LogP contribution < -0.4 is 10.0 Å². The summed E-state index contributed by atoms with van der Waals surface area (Å²) in [4.78, 5) is 0. The SMILES string of the molecule is O=S(=O)(CCC1CCNC1)NC1CC1. The highest BCUT2D eigenvalue weighted by molar-refractivity contribution is 7.89. The van der Waals surface area contributed by atoms with E-state index in [1.165, 1.54) is 0 Å². The van der Waals surface area contributed by atoms with Crippen molar-refractivity contribution >= 4 is 10.0 Å². The molecule has 0 aromatic rings. The molecule has 0 bridgehead atoms. The maximum Gasteiger partial charge on any atom is 0.211 e. The average molecular weight is 218 g/mol. The maximum atomic E-state index is 11.5. The summed E-state index contributed by atoms with van der Waals surface area (Å²) in [7, 11) is -2.98. The zero-order chi connectivity index (χ0) is 10.0. The summed E-state index contributed by atoms with van der Waals surface area (Å²) in [6.07, 6.45) is 3.96. The lowest BCUT2D eigenvalue weighted by atomic mass is 10.1. The van der Waals surface area contributed by atoms with Gasteiger partial charge < -0.3 is 5.32 Å². The van der Waals surface area contributed by atoms with Crippen molar-refractivity contribution < 1.29 is 8.42 Å². The van der Waals surface area contributed by atoms with Crippen molar-refractivity contribution in [3.63, 3.8) is 0 Å². The van der Waals surface area contributed by atoms with E-state index >= 15 is 0 Å². The fraction of sp³-hybridized carbons (Fsp3) is 1.00. The molecule has 4 nitrogen and oxygen atoms in total. The summed E-state index contributed by atoms with van der Waals surface area (Å²) in [5.41, 5.74) is 0. The normalized spacial score (nSPS) is 28.1.